The molecule has 0 bridgehead atoms. The van der Waals surface area contributed by atoms with E-state index in [4.69, 9.17) is 25.8 Å². The maximum Gasteiger partial charge on any atom is 0.303 e. The van der Waals surface area contributed by atoms with Gasteiger partial charge in [-0.25, -0.2) is 4.98 Å². The van der Waals surface area contributed by atoms with Crippen molar-refractivity contribution in [1.82, 2.24) is 20.2 Å². The summed E-state index contributed by atoms with van der Waals surface area (Å²) in [4.78, 5) is 62.5. The minimum Gasteiger partial charge on any atom is -0.487 e. The molecule has 1 aromatic carbocycles. The van der Waals surface area contributed by atoms with E-state index < -0.39 is 36.0 Å². The van der Waals surface area contributed by atoms with Gasteiger partial charge in [-0.05, 0) is 24.3 Å². The number of ether oxygens (including phenoxy) is 3. The third kappa shape index (κ3) is 8.40. The molecule has 4 rings (SSSR count). The molecule has 2 atom stereocenters. The van der Waals surface area contributed by atoms with Crippen LogP contribution in [0.3, 0.4) is 0 Å². The number of hydrogen-bond donors (Lipinski definition) is 1. The highest BCUT2D eigenvalue weighted by Gasteiger charge is 2.42. The quantitative estimate of drug-likeness (QED) is 0.320. The smallest absolute Gasteiger partial charge is 0.303 e. The molecule has 1 saturated heterocycles. The second kappa shape index (κ2) is 14.6. The van der Waals surface area contributed by atoms with Crippen molar-refractivity contribution >= 4 is 52.4 Å². The van der Waals surface area contributed by atoms with E-state index in [1.165, 1.54) is 16.2 Å². The predicted octanol–water partition coefficient (Wildman–Crippen LogP) is 2.60. The van der Waals surface area contributed by atoms with Gasteiger partial charge < -0.3 is 29.3 Å². The van der Waals surface area contributed by atoms with Gasteiger partial charge in [-0.1, -0.05) is 23.7 Å². The molecule has 1 aliphatic heterocycles. The number of nitrogens with one attached hydrogen (secondary N) is 1. The lowest BCUT2D eigenvalue weighted by atomic mass is 10.1. The normalized spacial score (nSPS) is 14.5. The van der Waals surface area contributed by atoms with E-state index in [9.17, 15) is 19.2 Å². The van der Waals surface area contributed by atoms with Crippen molar-refractivity contribution < 1.29 is 33.4 Å². The first-order chi connectivity index (χ1) is 20.2. The van der Waals surface area contributed by atoms with E-state index in [0.29, 0.717) is 34.6 Å². The Bertz CT molecular complexity index is 1400. The van der Waals surface area contributed by atoms with Crippen molar-refractivity contribution in [3.63, 3.8) is 0 Å². The molecule has 1 fully saturated rings. The Morgan fingerprint density at radius 3 is 2.31 bits per heavy atom. The zero-order chi connectivity index (χ0) is 30.1. The fraction of sp³-hybridized carbons (Fsp3) is 0.357. The summed E-state index contributed by atoms with van der Waals surface area (Å²) in [6, 6.07) is 10.8. The van der Waals surface area contributed by atoms with Gasteiger partial charge in [-0.2, -0.15) is 0 Å². The van der Waals surface area contributed by atoms with Gasteiger partial charge >= 0.3 is 11.9 Å². The molecule has 2 aromatic heterocycles. The van der Waals surface area contributed by atoms with Crippen molar-refractivity contribution in [1.29, 1.82) is 0 Å². The van der Waals surface area contributed by atoms with Gasteiger partial charge in [0.25, 0.3) is 11.8 Å². The Balaban J connectivity index is 1.39. The first-order valence-electron chi connectivity index (χ1n) is 13.1. The summed E-state index contributed by atoms with van der Waals surface area (Å²) in [6.45, 7) is 3.91. The van der Waals surface area contributed by atoms with E-state index in [-0.39, 0.29) is 26.2 Å². The number of rotatable bonds is 11. The van der Waals surface area contributed by atoms with Crippen molar-refractivity contribution in [2.24, 2.45) is 0 Å². The van der Waals surface area contributed by atoms with Crippen LogP contribution >= 0.6 is 22.9 Å². The molecule has 0 spiro atoms. The third-order valence-corrected chi connectivity index (χ3v) is 7.41. The third-order valence-electron chi connectivity index (χ3n) is 6.20. The summed E-state index contributed by atoms with van der Waals surface area (Å²) in [5.74, 6) is -2.41. The number of anilines is 1. The number of nitrogens with zero attached hydrogens (tertiary/aromatic N) is 4. The van der Waals surface area contributed by atoms with E-state index in [1.54, 1.807) is 36.0 Å². The van der Waals surface area contributed by atoms with Crippen LogP contribution in [0.5, 0.6) is 5.75 Å². The van der Waals surface area contributed by atoms with Crippen LogP contribution in [-0.4, -0.2) is 77.0 Å². The number of carbonyl (C=O) groups excluding carboxylic acids is 4. The number of carbonyl (C=O) groups is 4. The first-order valence-corrected chi connectivity index (χ1v) is 14.3. The number of benzene rings is 1. The van der Waals surface area contributed by atoms with Crippen LogP contribution in [0, 0.1) is 0 Å². The Hall–Kier alpha value is -4.23. The first kappa shape index (κ1) is 30.7. The molecule has 42 heavy (non-hydrogen) atoms. The summed E-state index contributed by atoms with van der Waals surface area (Å²) in [6.07, 6.45) is -0.134. The standard InChI is InChI=1S/C28H30ClN5O7S/c1-18(35)40-25(27(37)31-15-24-32-20(17-42-24)16-39-21-7-9-30-10-8-21)26(41-19(2)36)28(38)34-13-11-33(12-14-34)23-6-4-3-5-22(23)29/h3-10,17,25-26H,11-16H2,1-2H3,(H,31,37)/t25-,26-/m1/s1. The van der Waals surface area contributed by atoms with Crippen molar-refractivity contribution in [3.8, 4) is 5.75 Å². The van der Waals surface area contributed by atoms with Gasteiger partial charge in [0, 0.05) is 57.8 Å². The second-order valence-electron chi connectivity index (χ2n) is 9.25. The molecule has 3 aromatic rings. The summed E-state index contributed by atoms with van der Waals surface area (Å²) < 4.78 is 16.2. The molecule has 1 N–H and O–H groups in total. The number of para-hydroxylation sites is 1. The highest BCUT2D eigenvalue weighted by Crippen LogP contribution is 2.26. The van der Waals surface area contributed by atoms with E-state index in [0.717, 1.165) is 19.5 Å². The number of hydrogen-bond acceptors (Lipinski definition) is 11. The maximum absolute atomic E-state index is 13.5. The molecule has 3 heterocycles. The lowest BCUT2D eigenvalue weighted by Crippen LogP contribution is -2.57. The minimum atomic E-state index is -1.70. The number of halogens is 1. The summed E-state index contributed by atoms with van der Waals surface area (Å²) in [5.41, 5.74) is 1.50. The largest absolute Gasteiger partial charge is 0.487 e. The number of thiazole rings is 1. The highest BCUT2D eigenvalue weighted by atomic mass is 35.5. The Kier molecular flexibility index (Phi) is 10.7. The average Bonchev–Trinajstić information content (AvgIpc) is 3.45. The second-order valence-corrected chi connectivity index (χ2v) is 10.6. The van der Waals surface area contributed by atoms with Gasteiger partial charge in [0.2, 0.25) is 12.2 Å². The topological polar surface area (TPSA) is 140 Å². The van der Waals surface area contributed by atoms with Gasteiger partial charge in [-0.3, -0.25) is 24.2 Å². The Morgan fingerprint density at radius 2 is 1.64 bits per heavy atom. The molecule has 1 aliphatic rings. The zero-order valence-electron chi connectivity index (χ0n) is 23.0. The van der Waals surface area contributed by atoms with Crippen LogP contribution in [0.2, 0.25) is 5.02 Å². The van der Waals surface area contributed by atoms with Crippen molar-refractivity contribution in [3.05, 3.63) is 69.9 Å². The van der Waals surface area contributed by atoms with Crippen LogP contribution < -0.4 is 15.0 Å². The predicted molar refractivity (Wildman–Crippen MR) is 154 cm³/mol. The maximum atomic E-state index is 13.5. The van der Waals surface area contributed by atoms with E-state index in [2.05, 4.69) is 15.3 Å². The number of amides is 2. The Morgan fingerprint density at radius 1 is 0.976 bits per heavy atom. The average molecular weight is 616 g/mol. The van der Waals surface area contributed by atoms with E-state index >= 15 is 0 Å². The molecular weight excluding hydrogens is 586 g/mol. The van der Waals surface area contributed by atoms with Gasteiger partial charge in [0.05, 0.1) is 22.9 Å². The van der Waals surface area contributed by atoms with Crippen molar-refractivity contribution in [2.75, 3.05) is 31.1 Å². The SMILES string of the molecule is CC(=O)O[C@@H](C(=O)NCc1nc(COc2ccncc2)cs1)[C@@H](OC(C)=O)C(=O)N1CCN(c2ccccc2Cl)CC1. The molecule has 2 amide bonds. The molecule has 222 valence electrons. The number of pyridine rings is 1. The summed E-state index contributed by atoms with van der Waals surface area (Å²) in [5, 5.41) is 5.58. The lowest BCUT2D eigenvalue weighted by molar-refractivity contribution is -0.178. The van der Waals surface area contributed by atoms with Crippen LogP contribution in [0.25, 0.3) is 0 Å². The monoisotopic (exact) mass is 615 g/mol. The Labute approximate surface area is 251 Å². The molecule has 0 aliphatic carbocycles. The summed E-state index contributed by atoms with van der Waals surface area (Å²) >= 11 is 7.62. The number of aromatic nitrogens is 2. The molecule has 0 radical (unpaired) electrons. The van der Waals surface area contributed by atoms with Gasteiger partial charge in [-0.15, -0.1) is 11.3 Å². The van der Waals surface area contributed by atoms with Crippen LogP contribution in [0.4, 0.5) is 5.69 Å². The zero-order valence-corrected chi connectivity index (χ0v) is 24.6. The summed E-state index contributed by atoms with van der Waals surface area (Å²) in [7, 11) is 0. The van der Waals surface area contributed by atoms with Crippen LogP contribution in [0.15, 0.2) is 54.2 Å². The van der Waals surface area contributed by atoms with Crippen molar-refractivity contribution in [2.45, 2.75) is 39.2 Å². The van der Waals surface area contributed by atoms with Crippen LogP contribution in [0.1, 0.15) is 24.5 Å². The molecular formula is C28H30ClN5O7S. The van der Waals surface area contributed by atoms with Gasteiger partial charge in [0.1, 0.15) is 17.4 Å². The molecule has 0 saturated carbocycles. The van der Waals surface area contributed by atoms with Gasteiger partial charge in [0.15, 0.2) is 0 Å². The minimum absolute atomic E-state index is 0.00594. The highest BCUT2D eigenvalue weighted by molar-refractivity contribution is 7.09. The molecule has 12 nitrogen and oxygen atoms in total. The number of piperazine rings is 1. The number of esters is 2. The molecule has 14 heteroatoms. The van der Waals surface area contributed by atoms with Crippen LogP contribution in [-0.2, 0) is 41.8 Å². The fourth-order valence-corrected chi connectivity index (χ4v) is 5.23. The fourth-order valence-electron chi connectivity index (χ4n) is 4.26. The lowest BCUT2D eigenvalue weighted by Gasteiger charge is -2.38. The molecule has 0 unspecified atom stereocenters. The van der Waals surface area contributed by atoms with E-state index in [1.807, 2.05) is 23.1 Å².